The van der Waals surface area contributed by atoms with Crippen molar-refractivity contribution in [2.45, 2.75) is 12.8 Å². The Bertz CT molecular complexity index is 928. The van der Waals surface area contributed by atoms with Crippen molar-refractivity contribution >= 4 is 23.1 Å². The molecule has 0 unspecified atom stereocenters. The number of hydrogen-bond donors (Lipinski definition) is 2. The molecule has 1 aliphatic rings. The van der Waals surface area contributed by atoms with Crippen LogP contribution in [0.3, 0.4) is 0 Å². The van der Waals surface area contributed by atoms with Crippen molar-refractivity contribution < 1.29 is 9.72 Å². The van der Waals surface area contributed by atoms with Gasteiger partial charge >= 0.3 is 0 Å². The monoisotopic (exact) mass is 336 g/mol. The average molecular weight is 336 g/mol. The number of nitro benzene ring substituents is 1. The summed E-state index contributed by atoms with van der Waals surface area (Å²) in [7, 11) is 0. The van der Waals surface area contributed by atoms with Gasteiger partial charge in [-0.25, -0.2) is 0 Å². The summed E-state index contributed by atoms with van der Waals surface area (Å²) < 4.78 is 0. The number of nitrogens with two attached hydrogens (primary N) is 2. The van der Waals surface area contributed by atoms with Crippen LogP contribution in [0.4, 0.5) is 5.69 Å². The van der Waals surface area contributed by atoms with Crippen LogP contribution in [0, 0.1) is 10.1 Å². The fourth-order valence-electron chi connectivity index (χ4n) is 2.96. The number of hydrogen-bond acceptors (Lipinski definition) is 3. The number of carbonyl (C=O) groups is 1. The molecule has 2 aromatic carbocycles. The topological polar surface area (TPSA) is 125 Å². The minimum absolute atomic E-state index is 0.0301. The zero-order chi connectivity index (χ0) is 18.0. The summed E-state index contributed by atoms with van der Waals surface area (Å²) in [6.07, 6.45) is 3.53. The highest BCUT2D eigenvalue weighted by atomic mass is 16.6. The number of benzene rings is 2. The Labute approximate surface area is 143 Å². The van der Waals surface area contributed by atoms with Crippen molar-refractivity contribution in [3.8, 4) is 0 Å². The van der Waals surface area contributed by atoms with Crippen LogP contribution in [0.5, 0.6) is 0 Å². The minimum atomic E-state index is -0.546. The Morgan fingerprint density at radius 2 is 1.88 bits per heavy atom. The van der Waals surface area contributed by atoms with Gasteiger partial charge < -0.3 is 11.5 Å². The van der Waals surface area contributed by atoms with E-state index in [0.717, 1.165) is 29.5 Å². The molecule has 0 aromatic heterocycles. The highest BCUT2D eigenvalue weighted by Crippen LogP contribution is 2.36. The molecule has 25 heavy (non-hydrogen) atoms. The lowest BCUT2D eigenvalue weighted by molar-refractivity contribution is -0.385. The highest BCUT2D eigenvalue weighted by Gasteiger charge is 2.22. The van der Waals surface area contributed by atoms with E-state index in [0.29, 0.717) is 11.1 Å². The molecule has 0 fully saturated rings. The number of guanidine groups is 1. The van der Waals surface area contributed by atoms with E-state index in [9.17, 15) is 14.9 Å². The Morgan fingerprint density at radius 3 is 2.60 bits per heavy atom. The van der Waals surface area contributed by atoms with Gasteiger partial charge in [-0.05, 0) is 47.7 Å². The molecule has 7 nitrogen and oxygen atoms in total. The van der Waals surface area contributed by atoms with Crippen molar-refractivity contribution in [2.24, 2.45) is 16.5 Å². The van der Waals surface area contributed by atoms with Crippen molar-refractivity contribution in [3.63, 3.8) is 0 Å². The van der Waals surface area contributed by atoms with Gasteiger partial charge in [-0.1, -0.05) is 24.3 Å². The van der Waals surface area contributed by atoms with Gasteiger partial charge in [-0.15, -0.1) is 0 Å². The third-order valence-electron chi connectivity index (χ3n) is 4.03. The highest BCUT2D eigenvalue weighted by molar-refractivity contribution is 6.03. The van der Waals surface area contributed by atoms with Crippen LogP contribution in [-0.2, 0) is 6.42 Å². The lowest BCUT2D eigenvalue weighted by atomic mass is 9.85. The van der Waals surface area contributed by atoms with Gasteiger partial charge in [0.25, 0.3) is 11.6 Å². The molecule has 0 spiro atoms. The van der Waals surface area contributed by atoms with Crippen molar-refractivity contribution in [1.29, 1.82) is 0 Å². The molecule has 0 saturated heterocycles. The second-order valence-electron chi connectivity index (χ2n) is 5.64. The molecular weight excluding hydrogens is 320 g/mol. The molecule has 4 N–H and O–H groups in total. The first kappa shape index (κ1) is 16.4. The van der Waals surface area contributed by atoms with Gasteiger partial charge in [0.2, 0.25) is 0 Å². The van der Waals surface area contributed by atoms with Crippen LogP contribution in [-0.4, -0.2) is 16.8 Å². The van der Waals surface area contributed by atoms with Crippen LogP contribution in [0.15, 0.2) is 53.5 Å². The average Bonchev–Trinajstić information content (AvgIpc) is 2.60. The first-order valence-electron chi connectivity index (χ1n) is 7.68. The van der Waals surface area contributed by atoms with Crippen LogP contribution >= 0.6 is 0 Å². The second-order valence-corrected chi connectivity index (χ2v) is 5.64. The third kappa shape index (κ3) is 3.25. The van der Waals surface area contributed by atoms with E-state index in [2.05, 4.69) is 4.99 Å². The van der Waals surface area contributed by atoms with E-state index >= 15 is 0 Å². The lowest BCUT2D eigenvalue weighted by Crippen LogP contribution is -2.24. The van der Waals surface area contributed by atoms with E-state index in [4.69, 9.17) is 11.5 Å². The van der Waals surface area contributed by atoms with Crippen LogP contribution in [0.1, 0.15) is 33.5 Å². The Morgan fingerprint density at radius 1 is 1.12 bits per heavy atom. The smallest absolute Gasteiger partial charge is 0.280 e. The summed E-state index contributed by atoms with van der Waals surface area (Å²) in [5.41, 5.74) is 14.0. The maximum Gasteiger partial charge on any atom is 0.280 e. The summed E-state index contributed by atoms with van der Waals surface area (Å²) in [6, 6.07) is 11.8. The number of rotatable bonds is 3. The van der Waals surface area contributed by atoms with Crippen molar-refractivity contribution in [2.75, 3.05) is 0 Å². The lowest BCUT2D eigenvalue weighted by Gasteiger charge is -2.19. The van der Waals surface area contributed by atoms with Crippen molar-refractivity contribution in [1.82, 2.24) is 0 Å². The van der Waals surface area contributed by atoms with E-state index < -0.39 is 10.8 Å². The summed E-state index contributed by atoms with van der Waals surface area (Å²) in [5, 5.41) is 11.4. The van der Waals surface area contributed by atoms with Gasteiger partial charge in [-0.3, -0.25) is 14.9 Å². The molecule has 0 saturated carbocycles. The Kier molecular flexibility index (Phi) is 4.30. The zero-order valence-corrected chi connectivity index (χ0v) is 13.3. The number of aryl methyl sites for hydroxylation is 1. The Hall–Kier alpha value is -3.48. The fourth-order valence-corrected chi connectivity index (χ4v) is 2.96. The summed E-state index contributed by atoms with van der Waals surface area (Å²) in [4.78, 5) is 26.6. The molecule has 0 bridgehead atoms. The standard InChI is InChI=1S/C18H16N4O3/c19-18(20)21-17(23)12-9-8-11-4-3-6-13(15(11)10-12)14-5-1-2-7-16(14)22(24)25/h1-2,5-10H,3-4H2,(H4,19,20,21,23). The Balaban J connectivity index is 2.12. The molecule has 2 aromatic rings. The minimum Gasteiger partial charge on any atom is -0.370 e. The molecule has 0 heterocycles. The predicted molar refractivity (Wildman–Crippen MR) is 95.1 cm³/mol. The van der Waals surface area contributed by atoms with Crippen molar-refractivity contribution in [3.05, 3.63) is 80.9 Å². The molecule has 1 amide bonds. The van der Waals surface area contributed by atoms with Gasteiger partial charge in [0.05, 0.1) is 10.5 Å². The molecule has 0 radical (unpaired) electrons. The number of allylic oxidation sites excluding steroid dienone is 1. The van der Waals surface area contributed by atoms with E-state index in [1.54, 1.807) is 30.3 Å². The van der Waals surface area contributed by atoms with Gasteiger partial charge in [-0.2, -0.15) is 4.99 Å². The second kappa shape index (κ2) is 6.56. The third-order valence-corrected chi connectivity index (χ3v) is 4.03. The predicted octanol–water partition coefficient (Wildman–Crippen LogP) is 2.39. The molecule has 126 valence electrons. The maximum atomic E-state index is 12.1. The molecule has 3 rings (SSSR count). The molecule has 7 heteroatoms. The summed E-state index contributed by atoms with van der Waals surface area (Å²) in [5.74, 6) is -0.854. The van der Waals surface area contributed by atoms with Gasteiger partial charge in [0.15, 0.2) is 5.96 Å². The van der Waals surface area contributed by atoms with Gasteiger partial charge in [0.1, 0.15) is 0 Å². The number of fused-ring (bicyclic) bond motifs is 1. The number of nitrogens with zero attached hydrogens (tertiary/aromatic N) is 2. The van der Waals surface area contributed by atoms with Crippen LogP contribution < -0.4 is 11.5 Å². The number of amides is 1. The quantitative estimate of drug-likeness (QED) is 0.385. The summed E-state index contributed by atoms with van der Waals surface area (Å²) in [6.45, 7) is 0. The SMILES string of the molecule is NC(N)=NC(=O)c1ccc2c(c1)C(c1ccccc1[N+](=O)[O-])=CCC2. The zero-order valence-electron chi connectivity index (χ0n) is 13.3. The van der Waals surface area contributed by atoms with E-state index in [-0.39, 0.29) is 11.6 Å². The molecule has 1 aliphatic carbocycles. The van der Waals surface area contributed by atoms with Crippen LogP contribution in [0.2, 0.25) is 0 Å². The first-order valence-corrected chi connectivity index (χ1v) is 7.68. The van der Waals surface area contributed by atoms with Gasteiger partial charge in [0, 0.05) is 11.6 Å². The normalized spacial score (nSPS) is 12.7. The number of carbonyl (C=O) groups excluding carboxylic acids is 1. The molecule has 0 atom stereocenters. The summed E-state index contributed by atoms with van der Waals surface area (Å²) >= 11 is 0. The maximum absolute atomic E-state index is 12.1. The van der Waals surface area contributed by atoms with Crippen LogP contribution in [0.25, 0.3) is 5.57 Å². The van der Waals surface area contributed by atoms with E-state index in [1.165, 1.54) is 6.07 Å². The number of para-hydroxylation sites is 1. The number of aliphatic imine (C=N–C) groups is 1. The van der Waals surface area contributed by atoms with E-state index in [1.807, 2.05) is 12.1 Å². The fraction of sp³-hybridized carbons (Fsp3) is 0.111. The number of nitro groups is 1. The first-order chi connectivity index (χ1) is 12.0. The molecular formula is C18H16N4O3. The molecule has 0 aliphatic heterocycles. The largest absolute Gasteiger partial charge is 0.370 e.